The number of anilines is 1. The second-order valence-electron chi connectivity index (χ2n) is 7.23. The van der Waals surface area contributed by atoms with Crippen molar-refractivity contribution in [3.05, 3.63) is 24.3 Å². The summed E-state index contributed by atoms with van der Waals surface area (Å²) in [5.74, 6) is -1.37. The second kappa shape index (κ2) is 10.1. The smallest absolute Gasteiger partial charge is 0.327 e. The number of urea groups is 1. The van der Waals surface area contributed by atoms with Gasteiger partial charge in [-0.15, -0.1) is 0 Å². The highest BCUT2D eigenvalue weighted by Gasteiger charge is 2.50. The maximum atomic E-state index is 12.8. The van der Waals surface area contributed by atoms with Crippen LogP contribution in [0.4, 0.5) is 10.5 Å². The van der Waals surface area contributed by atoms with Crippen molar-refractivity contribution in [2.45, 2.75) is 58.1 Å². The molecule has 0 aromatic heterocycles. The van der Waals surface area contributed by atoms with Crippen molar-refractivity contribution < 1.29 is 28.7 Å². The van der Waals surface area contributed by atoms with Crippen molar-refractivity contribution in [1.29, 1.82) is 0 Å². The average Bonchev–Trinajstić information content (AvgIpc) is 2.93. The summed E-state index contributed by atoms with van der Waals surface area (Å²) >= 11 is 0. The molecule has 2 N–H and O–H groups in total. The topological polar surface area (TPSA) is 114 Å². The van der Waals surface area contributed by atoms with E-state index in [4.69, 9.17) is 9.47 Å². The number of nitrogens with zero attached hydrogens (tertiary/aromatic N) is 1. The summed E-state index contributed by atoms with van der Waals surface area (Å²) in [6, 6.07) is 6.20. The highest BCUT2D eigenvalue weighted by Crippen LogP contribution is 2.28. The molecule has 0 spiro atoms. The molecule has 0 radical (unpaired) electrons. The standard InChI is InChI=1S/C21H29N3O6/c1-5-11-21(12-6-2)19(27)24(20(28)23-21)13-17(25)30-14(3)18(26)22-15-9-7-8-10-16(15)29-4/h7-10,14H,5-6,11-13H2,1-4H3,(H,22,26)(H,23,28)/t14-/m0/s1. The molecule has 0 unspecified atom stereocenters. The van der Waals surface area contributed by atoms with Crippen molar-refractivity contribution in [2.24, 2.45) is 0 Å². The Morgan fingerprint density at radius 1 is 1.17 bits per heavy atom. The highest BCUT2D eigenvalue weighted by molar-refractivity contribution is 6.08. The summed E-state index contributed by atoms with van der Waals surface area (Å²) in [6.07, 6.45) is 1.29. The predicted octanol–water partition coefficient (Wildman–Crippen LogP) is 2.46. The molecule has 1 atom stereocenters. The zero-order chi connectivity index (χ0) is 22.3. The number of benzene rings is 1. The van der Waals surface area contributed by atoms with Crippen molar-refractivity contribution in [2.75, 3.05) is 19.0 Å². The normalized spacial score (nSPS) is 16.1. The van der Waals surface area contributed by atoms with Gasteiger partial charge in [0.2, 0.25) is 0 Å². The van der Waals surface area contributed by atoms with Gasteiger partial charge in [-0.3, -0.25) is 19.3 Å². The van der Waals surface area contributed by atoms with Crippen molar-refractivity contribution in [3.63, 3.8) is 0 Å². The largest absolute Gasteiger partial charge is 0.495 e. The van der Waals surface area contributed by atoms with Gasteiger partial charge in [-0.2, -0.15) is 0 Å². The predicted molar refractivity (Wildman–Crippen MR) is 110 cm³/mol. The van der Waals surface area contributed by atoms with Crippen LogP contribution in [0.15, 0.2) is 24.3 Å². The Labute approximate surface area is 176 Å². The minimum atomic E-state index is -1.13. The van der Waals surface area contributed by atoms with Gasteiger partial charge in [-0.25, -0.2) is 4.79 Å². The second-order valence-corrected chi connectivity index (χ2v) is 7.23. The van der Waals surface area contributed by atoms with Crippen LogP contribution in [0.25, 0.3) is 0 Å². The Morgan fingerprint density at radius 2 is 1.80 bits per heavy atom. The molecule has 9 heteroatoms. The van der Waals surface area contributed by atoms with Crippen LogP contribution in [0.2, 0.25) is 0 Å². The molecule has 9 nitrogen and oxygen atoms in total. The monoisotopic (exact) mass is 419 g/mol. The molecule has 30 heavy (non-hydrogen) atoms. The first-order valence-electron chi connectivity index (χ1n) is 10.1. The van der Waals surface area contributed by atoms with Gasteiger partial charge < -0.3 is 20.1 Å². The number of hydrogen-bond acceptors (Lipinski definition) is 6. The summed E-state index contributed by atoms with van der Waals surface area (Å²) in [6.45, 7) is 4.71. The number of methoxy groups -OCH3 is 1. The van der Waals surface area contributed by atoms with E-state index in [0.717, 1.165) is 4.90 Å². The van der Waals surface area contributed by atoms with Gasteiger partial charge >= 0.3 is 12.0 Å². The molecule has 1 aliphatic rings. The van der Waals surface area contributed by atoms with Crippen molar-refractivity contribution >= 4 is 29.5 Å². The lowest BCUT2D eigenvalue weighted by atomic mass is 9.88. The van der Waals surface area contributed by atoms with Crippen LogP contribution in [-0.4, -0.2) is 54.0 Å². The van der Waals surface area contributed by atoms with E-state index < -0.39 is 42.0 Å². The molecule has 0 bridgehead atoms. The lowest BCUT2D eigenvalue weighted by Crippen LogP contribution is -2.47. The average molecular weight is 419 g/mol. The molecule has 1 saturated heterocycles. The van der Waals surface area contributed by atoms with Gasteiger partial charge in [0.1, 0.15) is 17.8 Å². The van der Waals surface area contributed by atoms with E-state index in [2.05, 4.69) is 10.6 Å². The van der Waals surface area contributed by atoms with Crippen LogP contribution >= 0.6 is 0 Å². The Hall–Kier alpha value is -3.10. The fourth-order valence-corrected chi connectivity index (χ4v) is 3.54. The summed E-state index contributed by atoms with van der Waals surface area (Å²) in [7, 11) is 1.48. The van der Waals surface area contributed by atoms with Gasteiger partial charge in [0.05, 0.1) is 12.8 Å². The minimum Gasteiger partial charge on any atom is -0.495 e. The number of nitrogens with one attached hydrogen (secondary N) is 2. The Bertz CT molecular complexity index is 804. The van der Waals surface area contributed by atoms with E-state index in [1.807, 2.05) is 13.8 Å². The maximum absolute atomic E-state index is 12.8. The number of para-hydroxylation sites is 2. The lowest BCUT2D eigenvalue weighted by molar-refractivity contribution is -0.155. The van der Waals surface area contributed by atoms with E-state index in [1.165, 1.54) is 14.0 Å². The number of amides is 4. The molecule has 1 fully saturated rings. The van der Waals surface area contributed by atoms with Crippen LogP contribution in [-0.2, 0) is 19.1 Å². The fraction of sp³-hybridized carbons (Fsp3) is 0.524. The lowest BCUT2D eigenvalue weighted by Gasteiger charge is -2.25. The van der Waals surface area contributed by atoms with Crippen LogP contribution in [0.1, 0.15) is 46.5 Å². The molecular weight excluding hydrogens is 390 g/mol. The van der Waals surface area contributed by atoms with Crippen molar-refractivity contribution in [3.8, 4) is 5.75 Å². The maximum Gasteiger partial charge on any atom is 0.327 e. The molecule has 1 heterocycles. The fourth-order valence-electron chi connectivity index (χ4n) is 3.54. The van der Waals surface area contributed by atoms with Gasteiger partial charge in [0.25, 0.3) is 11.8 Å². The van der Waals surface area contributed by atoms with Crippen LogP contribution in [0, 0.1) is 0 Å². The Balaban J connectivity index is 1.98. The first kappa shape index (κ1) is 23.2. The van der Waals surface area contributed by atoms with E-state index >= 15 is 0 Å². The van der Waals surface area contributed by atoms with E-state index in [0.29, 0.717) is 37.1 Å². The van der Waals surface area contributed by atoms with Crippen LogP contribution < -0.4 is 15.4 Å². The van der Waals surface area contributed by atoms with E-state index in [-0.39, 0.29) is 0 Å². The Morgan fingerprint density at radius 3 is 2.40 bits per heavy atom. The number of carbonyl (C=O) groups excluding carboxylic acids is 4. The van der Waals surface area contributed by atoms with Crippen molar-refractivity contribution in [1.82, 2.24) is 10.2 Å². The number of imide groups is 1. The summed E-state index contributed by atoms with van der Waals surface area (Å²) in [5.41, 5.74) is -0.542. The Kier molecular flexibility index (Phi) is 7.79. The number of rotatable bonds is 10. The van der Waals surface area contributed by atoms with Gasteiger partial charge in [0.15, 0.2) is 6.10 Å². The third-order valence-electron chi connectivity index (χ3n) is 4.93. The van der Waals surface area contributed by atoms with Crippen LogP contribution in [0.5, 0.6) is 5.75 Å². The molecule has 1 aliphatic heterocycles. The zero-order valence-corrected chi connectivity index (χ0v) is 17.8. The zero-order valence-electron chi connectivity index (χ0n) is 17.8. The van der Waals surface area contributed by atoms with E-state index in [1.54, 1.807) is 24.3 Å². The molecule has 164 valence electrons. The molecular formula is C21H29N3O6. The van der Waals surface area contributed by atoms with Gasteiger partial charge in [-0.05, 0) is 31.9 Å². The first-order chi connectivity index (χ1) is 14.3. The number of esters is 1. The van der Waals surface area contributed by atoms with Gasteiger partial charge in [-0.1, -0.05) is 38.8 Å². The minimum absolute atomic E-state index is 0.431. The van der Waals surface area contributed by atoms with Crippen LogP contribution in [0.3, 0.4) is 0 Å². The van der Waals surface area contributed by atoms with E-state index in [9.17, 15) is 19.2 Å². The molecule has 1 aromatic carbocycles. The summed E-state index contributed by atoms with van der Waals surface area (Å²) < 4.78 is 10.3. The van der Waals surface area contributed by atoms with Gasteiger partial charge in [0, 0.05) is 0 Å². The molecule has 0 saturated carbocycles. The molecule has 2 rings (SSSR count). The third kappa shape index (κ3) is 5.08. The summed E-state index contributed by atoms with van der Waals surface area (Å²) in [4.78, 5) is 50.7. The molecule has 1 aromatic rings. The molecule has 4 amide bonds. The SMILES string of the molecule is CCCC1(CCC)NC(=O)N(CC(=O)O[C@@H](C)C(=O)Nc2ccccc2OC)C1=O. The summed E-state index contributed by atoms with van der Waals surface area (Å²) in [5, 5.41) is 5.36. The number of carbonyl (C=O) groups is 4. The third-order valence-corrected chi connectivity index (χ3v) is 4.93. The number of hydrogen-bond donors (Lipinski definition) is 2. The molecule has 0 aliphatic carbocycles. The first-order valence-corrected chi connectivity index (χ1v) is 10.1. The number of ether oxygens (including phenoxy) is 2. The quantitative estimate of drug-likeness (QED) is 0.445. The highest BCUT2D eigenvalue weighted by atomic mass is 16.5.